The molecule has 0 aromatic heterocycles. The topological polar surface area (TPSA) is 247 Å². The quantitative estimate of drug-likeness (QED) is 0.0205. The zero-order chi connectivity index (χ0) is 46.7. The number of aliphatic hydroxyl groups excluding tert-OH is 8. The fourth-order valence-electron chi connectivity index (χ4n) is 8.54. The third-order valence-corrected chi connectivity index (χ3v) is 13.9. The molecule has 0 radical (unpaired) electrons. The van der Waals surface area contributed by atoms with Gasteiger partial charge in [0.1, 0.15) is 48.8 Å². The van der Waals surface area contributed by atoms with E-state index < -0.39 is 81.3 Å². The van der Waals surface area contributed by atoms with Crippen LogP contribution in [0, 0.1) is 0 Å². The van der Waals surface area contributed by atoms with Crippen LogP contribution >= 0.6 is 7.82 Å². The fourth-order valence-corrected chi connectivity index (χ4v) is 9.51. The summed E-state index contributed by atoms with van der Waals surface area (Å²) in [5, 5.41) is 85.5. The zero-order valence-corrected chi connectivity index (χ0v) is 40.5. The lowest BCUT2D eigenvalue weighted by Gasteiger charge is -2.41. The molecule has 1 rings (SSSR count). The number of amides is 1. The SMILES string of the molecule is CCCCCCCCCCCCCCCCCCCCCCC(O)C(=O)N[C@@H](COP(=O)(O)OC1C(O)C(O)C(O)[C@@H](O)C1O)[C@H](O)[C@H](O)CCCCCCCCCCCCCC. The van der Waals surface area contributed by atoms with Crippen LogP contribution in [0.25, 0.3) is 0 Å². The molecule has 0 aromatic rings. The van der Waals surface area contributed by atoms with Gasteiger partial charge in [0.15, 0.2) is 0 Å². The Morgan fingerprint density at radius 2 is 0.794 bits per heavy atom. The van der Waals surface area contributed by atoms with Gasteiger partial charge in [0.25, 0.3) is 0 Å². The molecule has 1 aliphatic rings. The lowest BCUT2D eigenvalue weighted by molar-refractivity contribution is -0.220. The first kappa shape index (κ1) is 60.3. The van der Waals surface area contributed by atoms with Gasteiger partial charge in [-0.2, -0.15) is 0 Å². The van der Waals surface area contributed by atoms with Crippen LogP contribution in [0.5, 0.6) is 0 Å². The smallest absolute Gasteiger partial charge is 0.390 e. The normalized spacial score (nSPS) is 23.3. The second kappa shape index (κ2) is 38.3. The first-order valence-corrected chi connectivity index (χ1v) is 27.2. The summed E-state index contributed by atoms with van der Waals surface area (Å²) in [7, 11) is -5.23. The van der Waals surface area contributed by atoms with Crippen LogP contribution in [0.1, 0.15) is 232 Å². The zero-order valence-electron chi connectivity index (χ0n) is 39.6. The minimum Gasteiger partial charge on any atom is -0.390 e. The highest BCUT2D eigenvalue weighted by molar-refractivity contribution is 7.47. The van der Waals surface area contributed by atoms with E-state index in [4.69, 9.17) is 9.05 Å². The number of carbonyl (C=O) groups excluding carboxylic acids is 1. The van der Waals surface area contributed by atoms with Crippen molar-refractivity contribution in [3.8, 4) is 0 Å². The Balaban J connectivity index is 2.49. The molecule has 1 saturated carbocycles. The van der Waals surface area contributed by atoms with Crippen LogP contribution in [0.4, 0.5) is 0 Å². The molecule has 63 heavy (non-hydrogen) atoms. The van der Waals surface area contributed by atoms with Crippen molar-refractivity contribution in [2.75, 3.05) is 6.61 Å². The highest BCUT2D eigenvalue weighted by Gasteiger charge is 2.51. The van der Waals surface area contributed by atoms with E-state index >= 15 is 0 Å². The van der Waals surface area contributed by atoms with E-state index in [2.05, 4.69) is 19.2 Å². The van der Waals surface area contributed by atoms with Crippen LogP contribution in [0.2, 0.25) is 0 Å². The van der Waals surface area contributed by atoms with Crippen molar-refractivity contribution in [3.05, 3.63) is 0 Å². The molecule has 0 spiro atoms. The van der Waals surface area contributed by atoms with Crippen molar-refractivity contribution in [2.24, 2.45) is 0 Å². The molecular formula is C48H96NO13P. The summed E-state index contributed by atoms with van der Waals surface area (Å²) in [6.45, 7) is 3.59. The Kier molecular flexibility index (Phi) is 36.6. The summed E-state index contributed by atoms with van der Waals surface area (Å²) in [5.74, 6) is -0.856. The Bertz CT molecular complexity index is 1110. The third-order valence-electron chi connectivity index (χ3n) is 12.9. The summed E-state index contributed by atoms with van der Waals surface area (Å²) in [6.07, 6.45) is 21.8. The van der Waals surface area contributed by atoms with Gasteiger partial charge in [0, 0.05) is 0 Å². The molecule has 1 amide bonds. The molecule has 10 N–H and O–H groups in total. The van der Waals surface area contributed by atoms with Gasteiger partial charge in [-0.3, -0.25) is 13.8 Å². The number of carbonyl (C=O) groups is 1. The summed E-state index contributed by atoms with van der Waals surface area (Å²) in [6, 6.07) is -1.47. The third kappa shape index (κ3) is 28.9. The molecule has 1 fully saturated rings. The lowest BCUT2D eigenvalue weighted by atomic mass is 9.85. The van der Waals surface area contributed by atoms with E-state index in [0.717, 1.165) is 51.4 Å². The number of aliphatic hydroxyl groups is 8. The molecule has 1 aliphatic carbocycles. The Morgan fingerprint density at radius 3 is 1.14 bits per heavy atom. The first-order valence-electron chi connectivity index (χ1n) is 25.7. The van der Waals surface area contributed by atoms with Gasteiger partial charge in [-0.15, -0.1) is 0 Å². The Labute approximate surface area is 382 Å². The molecule has 14 nitrogen and oxygen atoms in total. The maximum Gasteiger partial charge on any atom is 0.472 e. The minimum atomic E-state index is -5.23. The number of nitrogens with one attached hydrogen (secondary N) is 1. The minimum absolute atomic E-state index is 0.158. The van der Waals surface area contributed by atoms with Gasteiger partial charge in [-0.25, -0.2) is 4.57 Å². The number of unbranched alkanes of at least 4 members (excludes halogenated alkanes) is 30. The molecule has 0 aliphatic heterocycles. The van der Waals surface area contributed by atoms with Crippen LogP contribution in [0.3, 0.4) is 0 Å². The Morgan fingerprint density at radius 1 is 0.492 bits per heavy atom. The summed E-state index contributed by atoms with van der Waals surface area (Å²) >= 11 is 0. The summed E-state index contributed by atoms with van der Waals surface area (Å²) in [5.41, 5.74) is 0. The van der Waals surface area contributed by atoms with Gasteiger partial charge in [-0.1, -0.05) is 219 Å². The molecule has 15 heteroatoms. The van der Waals surface area contributed by atoms with Crippen molar-refractivity contribution in [2.45, 2.75) is 293 Å². The van der Waals surface area contributed by atoms with Crippen LogP contribution < -0.4 is 5.32 Å². The maximum atomic E-state index is 13.1. The van der Waals surface area contributed by atoms with E-state index in [1.807, 2.05) is 0 Å². The monoisotopic (exact) mass is 926 g/mol. The molecular weight excluding hydrogens is 829 g/mol. The van der Waals surface area contributed by atoms with E-state index in [1.165, 1.54) is 141 Å². The van der Waals surface area contributed by atoms with E-state index in [0.29, 0.717) is 12.8 Å². The van der Waals surface area contributed by atoms with Gasteiger partial charge < -0.3 is 51.1 Å². The number of hydrogen-bond acceptors (Lipinski definition) is 12. The average molecular weight is 926 g/mol. The van der Waals surface area contributed by atoms with Crippen molar-refractivity contribution in [3.63, 3.8) is 0 Å². The second-order valence-corrected chi connectivity index (χ2v) is 20.1. The summed E-state index contributed by atoms with van der Waals surface area (Å²) in [4.78, 5) is 23.6. The van der Waals surface area contributed by atoms with Crippen molar-refractivity contribution in [1.29, 1.82) is 0 Å². The molecule has 0 heterocycles. The van der Waals surface area contributed by atoms with Crippen molar-refractivity contribution in [1.82, 2.24) is 5.32 Å². The molecule has 7 unspecified atom stereocenters. The van der Waals surface area contributed by atoms with Crippen molar-refractivity contribution < 1.29 is 64.2 Å². The van der Waals surface area contributed by atoms with E-state index in [1.54, 1.807) is 0 Å². The predicted molar refractivity (Wildman–Crippen MR) is 249 cm³/mol. The second-order valence-electron chi connectivity index (χ2n) is 18.7. The van der Waals surface area contributed by atoms with Gasteiger partial charge in [0.2, 0.25) is 5.91 Å². The van der Waals surface area contributed by atoms with Crippen LogP contribution in [-0.4, -0.2) is 119 Å². The Hall–Kier alpha value is -0.740. The lowest BCUT2D eigenvalue weighted by Crippen LogP contribution is -2.64. The number of phosphoric acid groups is 1. The van der Waals surface area contributed by atoms with E-state index in [-0.39, 0.29) is 12.8 Å². The first-order chi connectivity index (χ1) is 30.3. The maximum absolute atomic E-state index is 13.1. The summed E-state index contributed by atoms with van der Waals surface area (Å²) < 4.78 is 22.9. The fraction of sp³-hybridized carbons (Fsp3) is 0.979. The highest BCUT2D eigenvalue weighted by atomic mass is 31.2. The standard InChI is InChI=1S/C48H96NO13P/c1-3-5-7-9-11-13-15-17-18-19-20-21-22-23-24-26-28-30-32-34-36-40(51)48(58)49-38(37-61-63(59,60)62-47-45(56)43(54)42(53)44(55)46(47)57)41(52)39(50)35-33-31-29-27-25-16-14-12-10-8-6-4-2/h38-47,50-57H,3-37H2,1-2H3,(H,49,58)(H,59,60)/t38-,39+,40?,41-,42?,43+,44?,45?,46?,47?/m0/s1. The van der Waals surface area contributed by atoms with E-state index in [9.17, 15) is 55.1 Å². The predicted octanol–water partition coefficient (Wildman–Crippen LogP) is 8.18. The molecule has 0 saturated heterocycles. The molecule has 0 aromatic carbocycles. The highest BCUT2D eigenvalue weighted by Crippen LogP contribution is 2.47. The van der Waals surface area contributed by atoms with Gasteiger partial charge in [-0.05, 0) is 12.8 Å². The molecule has 11 atom stereocenters. The molecule has 0 bridgehead atoms. The number of rotatable bonds is 43. The van der Waals surface area contributed by atoms with Crippen LogP contribution in [-0.2, 0) is 18.4 Å². The number of phosphoric ester groups is 1. The van der Waals surface area contributed by atoms with Crippen LogP contribution in [0.15, 0.2) is 0 Å². The largest absolute Gasteiger partial charge is 0.472 e. The van der Waals surface area contributed by atoms with Crippen molar-refractivity contribution >= 4 is 13.7 Å². The average Bonchev–Trinajstić information content (AvgIpc) is 3.27. The molecule has 376 valence electrons. The van der Waals surface area contributed by atoms with Gasteiger partial charge >= 0.3 is 7.82 Å². The number of hydrogen-bond donors (Lipinski definition) is 10. The van der Waals surface area contributed by atoms with Gasteiger partial charge in [0.05, 0.1) is 18.8 Å².